The van der Waals surface area contributed by atoms with Crippen LogP contribution in [0.3, 0.4) is 0 Å². The summed E-state index contributed by atoms with van der Waals surface area (Å²) in [6.07, 6.45) is 1.26. The number of hydroxylamine groups is 1. The molecule has 10 nitrogen and oxygen atoms in total. The number of rotatable bonds is 5. The smallest absolute Gasteiger partial charge is 0.347 e. The highest BCUT2D eigenvalue weighted by Gasteiger charge is 2.25. The van der Waals surface area contributed by atoms with Crippen LogP contribution in [0.5, 0.6) is 0 Å². The fourth-order valence-electron chi connectivity index (χ4n) is 3.12. The first-order valence-electron chi connectivity index (χ1n) is 8.84. The van der Waals surface area contributed by atoms with E-state index in [4.69, 9.17) is 23.2 Å². The van der Waals surface area contributed by atoms with Gasteiger partial charge in [-0.2, -0.15) is 4.98 Å². The second-order valence-electron chi connectivity index (χ2n) is 6.58. The van der Waals surface area contributed by atoms with Gasteiger partial charge in [0.25, 0.3) is 11.8 Å². The van der Waals surface area contributed by atoms with Crippen LogP contribution in [-0.2, 0) is 4.84 Å². The lowest BCUT2D eigenvalue weighted by molar-refractivity contribution is 0.0532. The Hall–Kier alpha value is -2.56. The maximum atomic E-state index is 12.5. The minimum absolute atomic E-state index is 0.0471. The van der Waals surface area contributed by atoms with Crippen LogP contribution in [0.2, 0.25) is 10.0 Å². The Kier molecular flexibility index (Phi) is 6.46. The third-order valence-electron chi connectivity index (χ3n) is 4.61. The van der Waals surface area contributed by atoms with Gasteiger partial charge in [0.15, 0.2) is 0 Å². The predicted molar refractivity (Wildman–Crippen MR) is 108 cm³/mol. The standard InChI is InChI=1S/C17H20Cl2N6O4/c1-8-12(18)13(19)14(20-8)16(27)21-9-3-5-25(6-4-9)11-7-10(15(26)24-29-2)22-17(28)23-11/h7,9,20H,3-6H2,1-2H3,(H,21,27)(H,24,26)(H,22,23,28). The number of nitrogens with one attached hydrogen (secondary N) is 4. The van der Waals surface area contributed by atoms with E-state index in [1.807, 2.05) is 4.90 Å². The van der Waals surface area contributed by atoms with Gasteiger partial charge in [0.1, 0.15) is 17.2 Å². The third-order valence-corrected chi connectivity index (χ3v) is 5.55. The Bertz CT molecular complexity index is 981. The van der Waals surface area contributed by atoms with Crippen LogP contribution in [0, 0.1) is 6.92 Å². The summed E-state index contributed by atoms with van der Waals surface area (Å²) in [5, 5.41) is 3.47. The lowest BCUT2D eigenvalue weighted by atomic mass is 10.0. The molecule has 0 saturated carbocycles. The van der Waals surface area contributed by atoms with Crippen LogP contribution < -0.4 is 21.4 Å². The number of nitrogens with zero attached hydrogens (tertiary/aromatic N) is 2. The van der Waals surface area contributed by atoms with Crippen LogP contribution in [0.25, 0.3) is 0 Å². The van der Waals surface area contributed by atoms with Crippen molar-refractivity contribution in [3.05, 3.63) is 43.7 Å². The van der Waals surface area contributed by atoms with E-state index in [0.717, 1.165) is 0 Å². The number of anilines is 1. The molecule has 156 valence electrons. The van der Waals surface area contributed by atoms with Crippen molar-refractivity contribution < 1.29 is 14.4 Å². The molecule has 1 aliphatic rings. The van der Waals surface area contributed by atoms with Crippen molar-refractivity contribution in [1.82, 2.24) is 25.7 Å². The topological polar surface area (TPSA) is 132 Å². The second-order valence-corrected chi connectivity index (χ2v) is 7.34. The molecule has 2 aromatic rings. The van der Waals surface area contributed by atoms with Gasteiger partial charge in [0, 0.05) is 30.9 Å². The lowest BCUT2D eigenvalue weighted by Gasteiger charge is -2.33. The van der Waals surface area contributed by atoms with E-state index in [-0.39, 0.29) is 28.4 Å². The molecule has 0 unspecified atom stereocenters. The zero-order valence-corrected chi connectivity index (χ0v) is 17.3. The summed E-state index contributed by atoms with van der Waals surface area (Å²) in [6, 6.07) is 1.41. The van der Waals surface area contributed by atoms with Crippen LogP contribution in [0.15, 0.2) is 10.9 Å². The molecule has 0 spiro atoms. The van der Waals surface area contributed by atoms with Gasteiger partial charge in [-0.1, -0.05) is 23.2 Å². The van der Waals surface area contributed by atoms with E-state index in [2.05, 4.69) is 30.6 Å². The van der Waals surface area contributed by atoms with Gasteiger partial charge in [-0.25, -0.2) is 10.3 Å². The fraction of sp³-hybridized carbons (Fsp3) is 0.412. The van der Waals surface area contributed by atoms with Gasteiger partial charge in [0.2, 0.25) is 0 Å². The molecule has 3 heterocycles. The van der Waals surface area contributed by atoms with Crippen LogP contribution >= 0.6 is 23.2 Å². The molecule has 1 fully saturated rings. The zero-order valence-electron chi connectivity index (χ0n) is 15.8. The van der Waals surface area contributed by atoms with E-state index < -0.39 is 11.6 Å². The largest absolute Gasteiger partial charge is 0.356 e. The summed E-state index contributed by atoms with van der Waals surface area (Å²) in [7, 11) is 1.30. The average molecular weight is 443 g/mol. The molecule has 1 saturated heterocycles. The van der Waals surface area contributed by atoms with Crippen molar-refractivity contribution in [2.45, 2.75) is 25.8 Å². The first-order valence-corrected chi connectivity index (χ1v) is 9.59. The summed E-state index contributed by atoms with van der Waals surface area (Å²) >= 11 is 12.1. The lowest BCUT2D eigenvalue weighted by Crippen LogP contribution is -2.45. The number of hydrogen-bond donors (Lipinski definition) is 4. The Morgan fingerprint density at radius 3 is 2.48 bits per heavy atom. The monoisotopic (exact) mass is 442 g/mol. The normalized spacial score (nSPS) is 14.7. The summed E-state index contributed by atoms with van der Waals surface area (Å²) < 4.78 is 0. The highest BCUT2D eigenvalue weighted by molar-refractivity contribution is 6.44. The van der Waals surface area contributed by atoms with Crippen molar-refractivity contribution in [2.75, 3.05) is 25.1 Å². The molecule has 0 aromatic carbocycles. The Morgan fingerprint density at radius 2 is 1.90 bits per heavy atom. The van der Waals surface area contributed by atoms with Gasteiger partial charge in [-0.05, 0) is 19.8 Å². The zero-order chi connectivity index (χ0) is 21.1. The molecule has 2 aromatic heterocycles. The van der Waals surface area contributed by atoms with Crippen molar-refractivity contribution in [1.29, 1.82) is 0 Å². The first-order chi connectivity index (χ1) is 13.8. The number of carbonyl (C=O) groups excluding carboxylic acids is 2. The molecule has 0 atom stereocenters. The molecule has 3 rings (SSSR count). The van der Waals surface area contributed by atoms with Gasteiger partial charge in [-0.15, -0.1) is 0 Å². The quantitative estimate of drug-likeness (QED) is 0.517. The molecule has 0 radical (unpaired) electrons. The maximum absolute atomic E-state index is 12.5. The fourth-order valence-corrected chi connectivity index (χ4v) is 3.53. The number of carbonyl (C=O) groups is 2. The Morgan fingerprint density at radius 1 is 1.21 bits per heavy atom. The number of aryl methyl sites for hydroxylation is 1. The first kappa shape index (κ1) is 21.2. The van der Waals surface area contributed by atoms with E-state index in [1.165, 1.54) is 13.2 Å². The summed E-state index contributed by atoms with van der Waals surface area (Å²) in [4.78, 5) is 51.8. The second kappa shape index (κ2) is 8.85. The number of halogens is 2. The number of aromatic nitrogens is 3. The molecule has 12 heteroatoms. The molecule has 2 amide bonds. The Balaban J connectivity index is 1.63. The minimum atomic E-state index is -0.632. The summed E-state index contributed by atoms with van der Waals surface area (Å²) in [5.41, 5.74) is 2.43. The number of H-pyrrole nitrogens is 2. The molecule has 0 aliphatic carbocycles. The van der Waals surface area contributed by atoms with E-state index in [0.29, 0.717) is 42.5 Å². The van der Waals surface area contributed by atoms with Crippen LogP contribution in [-0.4, -0.2) is 53.0 Å². The van der Waals surface area contributed by atoms with Crippen molar-refractivity contribution >= 4 is 40.8 Å². The number of piperidine rings is 1. The SMILES string of the molecule is CONC(=O)c1cc(N2CCC(NC(=O)c3[nH]c(C)c(Cl)c3Cl)CC2)nc(=O)[nH]1. The molecule has 29 heavy (non-hydrogen) atoms. The molecular weight excluding hydrogens is 423 g/mol. The highest BCUT2D eigenvalue weighted by Crippen LogP contribution is 2.29. The molecular formula is C17H20Cl2N6O4. The number of aromatic amines is 2. The Labute approximate surface area is 175 Å². The maximum Gasteiger partial charge on any atom is 0.347 e. The molecule has 0 bridgehead atoms. The van der Waals surface area contributed by atoms with Crippen LogP contribution in [0.4, 0.5) is 5.82 Å². The summed E-state index contributed by atoms with van der Waals surface area (Å²) in [5.74, 6) is -0.516. The van der Waals surface area contributed by atoms with Gasteiger partial charge in [0.05, 0.1) is 17.2 Å². The minimum Gasteiger partial charge on any atom is -0.356 e. The van der Waals surface area contributed by atoms with Crippen LogP contribution in [0.1, 0.15) is 39.5 Å². The van der Waals surface area contributed by atoms with Gasteiger partial charge in [-0.3, -0.25) is 14.4 Å². The third kappa shape index (κ3) is 4.72. The molecule has 1 aliphatic heterocycles. The molecule has 4 N–H and O–H groups in total. The highest BCUT2D eigenvalue weighted by atomic mass is 35.5. The number of hydrogen-bond acceptors (Lipinski definition) is 6. The van der Waals surface area contributed by atoms with Crippen molar-refractivity contribution in [2.24, 2.45) is 0 Å². The summed E-state index contributed by atoms with van der Waals surface area (Å²) in [6.45, 7) is 2.83. The van der Waals surface area contributed by atoms with Gasteiger partial charge >= 0.3 is 5.69 Å². The van der Waals surface area contributed by atoms with Gasteiger partial charge < -0.3 is 20.2 Å². The average Bonchev–Trinajstić information content (AvgIpc) is 2.95. The predicted octanol–water partition coefficient (Wildman–Crippen LogP) is 1.40. The van der Waals surface area contributed by atoms with Crippen molar-refractivity contribution in [3.63, 3.8) is 0 Å². The van der Waals surface area contributed by atoms with E-state index in [1.54, 1.807) is 6.92 Å². The van der Waals surface area contributed by atoms with E-state index in [9.17, 15) is 14.4 Å². The van der Waals surface area contributed by atoms with E-state index >= 15 is 0 Å². The van der Waals surface area contributed by atoms with Crippen molar-refractivity contribution in [3.8, 4) is 0 Å². The number of amides is 2.